The van der Waals surface area contributed by atoms with Gasteiger partial charge >= 0.3 is 0 Å². The highest BCUT2D eigenvalue weighted by atomic mass is 79.9. The summed E-state index contributed by atoms with van der Waals surface area (Å²) in [5, 5.41) is 4.11. The third-order valence-electron chi connectivity index (χ3n) is 2.45. The molecule has 1 aromatic heterocycles. The van der Waals surface area contributed by atoms with Gasteiger partial charge in [0, 0.05) is 20.8 Å². The predicted molar refractivity (Wildman–Crippen MR) is 80.2 cm³/mol. The van der Waals surface area contributed by atoms with Gasteiger partial charge in [0.25, 0.3) is 0 Å². The number of aryl methyl sites for hydroxylation is 1. The highest BCUT2D eigenvalue weighted by molar-refractivity contribution is 9.10. The molecule has 2 aromatic rings. The summed E-state index contributed by atoms with van der Waals surface area (Å²) in [7, 11) is 0. The van der Waals surface area contributed by atoms with E-state index < -0.39 is 0 Å². The molecule has 0 bridgehead atoms. The molecular formula is C13H13BrClNS. The van der Waals surface area contributed by atoms with Gasteiger partial charge in [0.2, 0.25) is 0 Å². The van der Waals surface area contributed by atoms with E-state index in [9.17, 15) is 0 Å². The number of hydrogen-bond acceptors (Lipinski definition) is 2. The molecule has 0 saturated heterocycles. The molecule has 0 saturated carbocycles. The van der Waals surface area contributed by atoms with Crippen LogP contribution in [0.5, 0.6) is 0 Å². The SMILES string of the molecule is CCc1ccc(CNc2cc(Br)ccc2Cl)s1. The van der Waals surface area contributed by atoms with Crippen LogP contribution in [-0.4, -0.2) is 0 Å². The molecule has 0 aliphatic carbocycles. The van der Waals surface area contributed by atoms with Crippen LogP contribution in [0.4, 0.5) is 5.69 Å². The quantitative estimate of drug-likeness (QED) is 0.798. The van der Waals surface area contributed by atoms with Gasteiger partial charge in [0.05, 0.1) is 10.7 Å². The van der Waals surface area contributed by atoms with E-state index in [1.54, 1.807) is 0 Å². The van der Waals surface area contributed by atoms with Crippen molar-refractivity contribution in [2.75, 3.05) is 5.32 Å². The molecule has 0 radical (unpaired) electrons. The third-order valence-corrected chi connectivity index (χ3v) is 4.50. The molecule has 2 rings (SSSR count). The number of halogens is 2. The Bertz CT molecular complexity index is 510. The topological polar surface area (TPSA) is 12.0 Å². The summed E-state index contributed by atoms with van der Waals surface area (Å²) < 4.78 is 1.03. The summed E-state index contributed by atoms with van der Waals surface area (Å²) in [4.78, 5) is 2.75. The van der Waals surface area contributed by atoms with E-state index in [1.165, 1.54) is 9.75 Å². The van der Waals surface area contributed by atoms with Crippen molar-refractivity contribution in [3.8, 4) is 0 Å². The number of benzene rings is 1. The molecule has 4 heteroatoms. The van der Waals surface area contributed by atoms with Crippen molar-refractivity contribution < 1.29 is 0 Å². The number of anilines is 1. The van der Waals surface area contributed by atoms with Gasteiger partial charge in [-0.25, -0.2) is 0 Å². The summed E-state index contributed by atoms with van der Waals surface area (Å²) in [5.74, 6) is 0. The molecule has 90 valence electrons. The lowest BCUT2D eigenvalue weighted by Gasteiger charge is -2.07. The fraction of sp³-hybridized carbons (Fsp3) is 0.231. The van der Waals surface area contributed by atoms with Gasteiger partial charge in [-0.05, 0) is 36.8 Å². The van der Waals surface area contributed by atoms with Gasteiger partial charge in [-0.1, -0.05) is 34.5 Å². The molecule has 0 spiro atoms. The molecule has 0 aliphatic rings. The summed E-state index contributed by atoms with van der Waals surface area (Å²) >= 11 is 11.4. The van der Waals surface area contributed by atoms with Crippen LogP contribution >= 0.6 is 38.9 Å². The summed E-state index contributed by atoms with van der Waals surface area (Å²) in [6.45, 7) is 3.00. The lowest BCUT2D eigenvalue weighted by Crippen LogP contribution is -1.97. The second kappa shape index (κ2) is 5.89. The highest BCUT2D eigenvalue weighted by Gasteiger charge is 2.02. The highest BCUT2D eigenvalue weighted by Crippen LogP contribution is 2.27. The molecular weight excluding hydrogens is 318 g/mol. The molecule has 17 heavy (non-hydrogen) atoms. The second-order valence-electron chi connectivity index (χ2n) is 3.70. The van der Waals surface area contributed by atoms with Crippen molar-refractivity contribution in [3.63, 3.8) is 0 Å². The third kappa shape index (κ3) is 3.47. The number of thiophene rings is 1. The lowest BCUT2D eigenvalue weighted by molar-refractivity contribution is 1.19. The van der Waals surface area contributed by atoms with Crippen molar-refractivity contribution >= 4 is 44.6 Å². The average molecular weight is 331 g/mol. The average Bonchev–Trinajstić information content (AvgIpc) is 2.78. The fourth-order valence-corrected chi connectivity index (χ4v) is 2.97. The van der Waals surface area contributed by atoms with Crippen LogP contribution in [-0.2, 0) is 13.0 Å². The first-order chi connectivity index (χ1) is 8.19. The van der Waals surface area contributed by atoms with Gasteiger partial charge < -0.3 is 5.32 Å². The lowest BCUT2D eigenvalue weighted by atomic mass is 10.3. The van der Waals surface area contributed by atoms with E-state index in [0.29, 0.717) is 0 Å². The van der Waals surface area contributed by atoms with Crippen molar-refractivity contribution in [2.24, 2.45) is 0 Å². The Kier molecular flexibility index (Phi) is 4.48. The Balaban J connectivity index is 2.04. The Hall–Kier alpha value is -0.510. The van der Waals surface area contributed by atoms with Crippen LogP contribution in [0.3, 0.4) is 0 Å². The second-order valence-corrected chi connectivity index (χ2v) is 6.28. The first-order valence-electron chi connectivity index (χ1n) is 5.45. The molecule has 0 aliphatic heterocycles. The minimum atomic E-state index is 0.750. The Morgan fingerprint density at radius 1 is 1.24 bits per heavy atom. The normalized spacial score (nSPS) is 10.5. The van der Waals surface area contributed by atoms with Crippen LogP contribution < -0.4 is 5.32 Å². The molecule has 0 unspecified atom stereocenters. The van der Waals surface area contributed by atoms with Gasteiger partial charge in [-0.3, -0.25) is 0 Å². The zero-order valence-electron chi connectivity index (χ0n) is 9.47. The van der Waals surface area contributed by atoms with E-state index in [0.717, 1.165) is 28.1 Å². The minimum absolute atomic E-state index is 0.750. The zero-order chi connectivity index (χ0) is 12.3. The van der Waals surface area contributed by atoms with Crippen LogP contribution in [0.25, 0.3) is 0 Å². The molecule has 1 N–H and O–H groups in total. The van der Waals surface area contributed by atoms with Gasteiger partial charge in [-0.2, -0.15) is 0 Å². The van der Waals surface area contributed by atoms with E-state index in [2.05, 4.69) is 40.3 Å². The van der Waals surface area contributed by atoms with E-state index in [-0.39, 0.29) is 0 Å². The van der Waals surface area contributed by atoms with Gasteiger partial charge in [0.15, 0.2) is 0 Å². The van der Waals surface area contributed by atoms with Gasteiger partial charge in [-0.15, -0.1) is 11.3 Å². The maximum absolute atomic E-state index is 6.12. The fourth-order valence-electron chi connectivity index (χ4n) is 1.52. The van der Waals surface area contributed by atoms with Crippen LogP contribution in [0.15, 0.2) is 34.8 Å². The van der Waals surface area contributed by atoms with Gasteiger partial charge in [0.1, 0.15) is 0 Å². The Morgan fingerprint density at radius 3 is 2.71 bits per heavy atom. The van der Waals surface area contributed by atoms with E-state index in [1.807, 2.05) is 29.5 Å². The number of hydrogen-bond donors (Lipinski definition) is 1. The minimum Gasteiger partial charge on any atom is -0.379 e. The van der Waals surface area contributed by atoms with E-state index >= 15 is 0 Å². The molecule has 1 nitrogen and oxygen atoms in total. The summed E-state index contributed by atoms with van der Waals surface area (Å²) in [5.41, 5.74) is 0.965. The van der Waals surface area contributed by atoms with Crippen molar-refractivity contribution in [1.29, 1.82) is 0 Å². The standard InChI is InChI=1S/C13H13BrClNS/c1-2-10-4-5-11(17-10)8-16-13-7-9(14)3-6-12(13)15/h3-7,16H,2,8H2,1H3. The Labute approximate surface area is 119 Å². The van der Waals surface area contributed by atoms with Crippen LogP contribution in [0, 0.1) is 0 Å². The number of nitrogens with one attached hydrogen (secondary N) is 1. The molecule has 1 heterocycles. The zero-order valence-corrected chi connectivity index (χ0v) is 12.6. The molecule has 0 fully saturated rings. The van der Waals surface area contributed by atoms with E-state index in [4.69, 9.17) is 11.6 Å². The monoisotopic (exact) mass is 329 g/mol. The van der Waals surface area contributed by atoms with Crippen LogP contribution in [0.1, 0.15) is 16.7 Å². The molecule has 0 amide bonds. The molecule has 0 atom stereocenters. The first-order valence-corrected chi connectivity index (χ1v) is 7.44. The largest absolute Gasteiger partial charge is 0.379 e. The maximum Gasteiger partial charge on any atom is 0.0638 e. The van der Waals surface area contributed by atoms with Crippen molar-refractivity contribution in [3.05, 3.63) is 49.6 Å². The van der Waals surface area contributed by atoms with Crippen molar-refractivity contribution in [2.45, 2.75) is 19.9 Å². The number of rotatable bonds is 4. The predicted octanol–water partition coefficient (Wildman–Crippen LogP) is 5.34. The molecule has 1 aromatic carbocycles. The first kappa shape index (κ1) is 12.9. The van der Waals surface area contributed by atoms with Crippen molar-refractivity contribution in [1.82, 2.24) is 0 Å². The maximum atomic E-state index is 6.12. The summed E-state index contributed by atoms with van der Waals surface area (Å²) in [6, 6.07) is 10.2. The van der Waals surface area contributed by atoms with Crippen LogP contribution in [0.2, 0.25) is 5.02 Å². The Morgan fingerprint density at radius 2 is 2.00 bits per heavy atom. The smallest absolute Gasteiger partial charge is 0.0638 e. The summed E-state index contributed by atoms with van der Waals surface area (Å²) in [6.07, 6.45) is 1.10.